The van der Waals surface area contributed by atoms with Crippen LogP contribution in [-0.4, -0.2) is 12.6 Å². The molecule has 3 heteroatoms. The van der Waals surface area contributed by atoms with E-state index in [-0.39, 0.29) is 16.6 Å². The highest BCUT2D eigenvalue weighted by Gasteiger charge is 2.04. The number of rotatable bonds is 2. The van der Waals surface area contributed by atoms with Gasteiger partial charge < -0.3 is 4.74 Å². The third kappa shape index (κ3) is 2.24. The standard InChI is InChI=1S/C9H9ClO2/c1-2-12-9(11)7-4-3-5-8(10)6-7/h3-6H,2H2,1H3/i6D. The molecule has 0 aliphatic carbocycles. The van der Waals surface area contributed by atoms with Crippen molar-refractivity contribution < 1.29 is 10.9 Å². The Morgan fingerprint density at radius 2 is 2.50 bits per heavy atom. The lowest BCUT2D eigenvalue weighted by Gasteiger charge is -2.00. The molecule has 0 unspecified atom stereocenters. The fourth-order valence-electron chi connectivity index (χ4n) is 0.769. The van der Waals surface area contributed by atoms with Crippen LogP contribution in [0.3, 0.4) is 0 Å². The van der Waals surface area contributed by atoms with Gasteiger partial charge in [-0.2, -0.15) is 0 Å². The highest BCUT2D eigenvalue weighted by molar-refractivity contribution is 6.30. The molecule has 1 aromatic rings. The summed E-state index contributed by atoms with van der Waals surface area (Å²) in [6, 6.07) is 4.72. The molecule has 0 fully saturated rings. The van der Waals surface area contributed by atoms with Gasteiger partial charge in [0.2, 0.25) is 0 Å². The van der Waals surface area contributed by atoms with E-state index in [4.69, 9.17) is 17.7 Å². The molecule has 0 aromatic heterocycles. The maximum Gasteiger partial charge on any atom is 0.338 e. The lowest BCUT2D eigenvalue weighted by Crippen LogP contribution is -2.03. The van der Waals surface area contributed by atoms with Gasteiger partial charge in [0.25, 0.3) is 0 Å². The number of carbonyl (C=O) groups excluding carboxylic acids is 1. The topological polar surface area (TPSA) is 26.3 Å². The van der Waals surface area contributed by atoms with E-state index >= 15 is 0 Å². The zero-order chi connectivity index (χ0) is 9.84. The molecule has 0 aliphatic rings. The van der Waals surface area contributed by atoms with Crippen LogP contribution < -0.4 is 0 Å². The number of esters is 1. The molecule has 1 rings (SSSR count). The molecule has 0 amide bonds. The van der Waals surface area contributed by atoms with Gasteiger partial charge >= 0.3 is 5.97 Å². The number of halogens is 1. The quantitative estimate of drug-likeness (QED) is 0.662. The lowest BCUT2D eigenvalue weighted by atomic mass is 10.2. The molecule has 12 heavy (non-hydrogen) atoms. The van der Waals surface area contributed by atoms with Crippen molar-refractivity contribution in [3.63, 3.8) is 0 Å². The van der Waals surface area contributed by atoms with Crippen molar-refractivity contribution in [1.29, 1.82) is 0 Å². The smallest absolute Gasteiger partial charge is 0.338 e. The van der Waals surface area contributed by atoms with E-state index < -0.39 is 5.97 Å². The summed E-state index contributed by atoms with van der Waals surface area (Å²) in [5, 5.41) is 0.255. The average Bonchev–Trinajstić information content (AvgIpc) is 2.10. The molecule has 0 saturated heterocycles. The monoisotopic (exact) mass is 185 g/mol. The molecule has 64 valence electrons. The highest BCUT2D eigenvalue weighted by Crippen LogP contribution is 2.11. The Bertz CT molecular complexity index is 325. The molecule has 0 radical (unpaired) electrons. The minimum atomic E-state index is -0.505. The third-order valence-electron chi connectivity index (χ3n) is 1.25. The predicted octanol–water partition coefficient (Wildman–Crippen LogP) is 2.52. The van der Waals surface area contributed by atoms with Gasteiger partial charge in [0.15, 0.2) is 0 Å². The van der Waals surface area contributed by atoms with Crippen molar-refractivity contribution in [2.24, 2.45) is 0 Å². The van der Waals surface area contributed by atoms with E-state index in [9.17, 15) is 4.79 Å². The van der Waals surface area contributed by atoms with E-state index in [1.807, 2.05) is 0 Å². The first-order chi connectivity index (χ1) is 6.16. The van der Waals surface area contributed by atoms with Crippen molar-refractivity contribution in [3.05, 3.63) is 34.8 Å². The summed E-state index contributed by atoms with van der Waals surface area (Å²) in [5.74, 6) is -0.505. The number of carbonyl (C=O) groups is 1. The molecular formula is C9H9ClO2. The maximum atomic E-state index is 11.2. The second-order valence-corrected chi connectivity index (χ2v) is 2.54. The Hall–Kier alpha value is -1.02. The summed E-state index contributed by atoms with van der Waals surface area (Å²) in [7, 11) is 0. The van der Waals surface area contributed by atoms with Gasteiger partial charge in [-0.15, -0.1) is 0 Å². The number of ether oxygens (including phenoxy) is 1. The largest absolute Gasteiger partial charge is 0.462 e. The third-order valence-corrected chi connectivity index (χ3v) is 1.48. The fourth-order valence-corrected chi connectivity index (χ4v) is 0.943. The molecule has 2 nitrogen and oxygen atoms in total. The Morgan fingerprint density at radius 3 is 3.17 bits per heavy atom. The number of benzene rings is 1. The summed E-state index contributed by atoms with van der Waals surface area (Å²) >= 11 is 5.66. The summed E-state index contributed by atoms with van der Waals surface area (Å²) in [6.45, 7) is 2.01. The van der Waals surface area contributed by atoms with Gasteiger partial charge in [-0.3, -0.25) is 0 Å². The summed E-state index contributed by atoms with van der Waals surface area (Å²) in [5.41, 5.74) is 0.203. The van der Waals surface area contributed by atoms with Gasteiger partial charge in [-0.1, -0.05) is 17.7 Å². The van der Waals surface area contributed by atoms with Crippen LogP contribution in [0.15, 0.2) is 24.2 Å². The molecule has 0 atom stereocenters. The van der Waals surface area contributed by atoms with Crippen molar-refractivity contribution in [2.75, 3.05) is 6.61 Å². The Balaban J connectivity index is 3.01. The summed E-state index contributed by atoms with van der Waals surface area (Å²) in [4.78, 5) is 11.2. The van der Waals surface area contributed by atoms with Crippen molar-refractivity contribution in [1.82, 2.24) is 0 Å². The van der Waals surface area contributed by atoms with E-state index in [0.29, 0.717) is 6.61 Å². The van der Waals surface area contributed by atoms with Crippen LogP contribution in [0.4, 0.5) is 0 Å². The van der Waals surface area contributed by atoms with Crippen LogP contribution in [0.5, 0.6) is 0 Å². The minimum Gasteiger partial charge on any atom is -0.462 e. The zero-order valence-corrected chi connectivity index (χ0v) is 7.39. The molecular weight excluding hydrogens is 176 g/mol. The van der Waals surface area contributed by atoms with Crippen molar-refractivity contribution in [2.45, 2.75) is 6.92 Å². The first kappa shape index (κ1) is 7.62. The van der Waals surface area contributed by atoms with Crippen LogP contribution in [0.1, 0.15) is 18.7 Å². The first-order valence-corrected chi connectivity index (χ1v) is 3.96. The molecule has 0 N–H and O–H groups in total. The fraction of sp³-hybridized carbons (Fsp3) is 0.222. The van der Waals surface area contributed by atoms with Crippen LogP contribution in [0.2, 0.25) is 5.02 Å². The Kier molecular flexibility index (Phi) is 2.61. The van der Waals surface area contributed by atoms with Gasteiger partial charge in [0.1, 0.15) is 0 Å². The van der Waals surface area contributed by atoms with E-state index in [2.05, 4.69) is 0 Å². The number of hydrogen-bond acceptors (Lipinski definition) is 2. The highest BCUT2D eigenvalue weighted by atomic mass is 35.5. The minimum absolute atomic E-state index is 0.0163. The average molecular weight is 186 g/mol. The molecule has 0 saturated carbocycles. The van der Waals surface area contributed by atoms with Crippen LogP contribution in [-0.2, 0) is 4.74 Å². The van der Waals surface area contributed by atoms with Gasteiger partial charge in [-0.25, -0.2) is 4.79 Å². The van der Waals surface area contributed by atoms with Crippen LogP contribution in [0, 0.1) is 0 Å². The molecule has 0 bridgehead atoms. The maximum absolute atomic E-state index is 11.2. The number of hydrogen-bond donors (Lipinski definition) is 0. The molecule has 0 spiro atoms. The van der Waals surface area contributed by atoms with Crippen molar-refractivity contribution >= 4 is 17.6 Å². The molecule has 1 aromatic carbocycles. The predicted molar refractivity (Wildman–Crippen MR) is 47.4 cm³/mol. The summed E-state index contributed by atoms with van der Waals surface area (Å²) < 4.78 is 12.2. The van der Waals surface area contributed by atoms with Crippen molar-refractivity contribution in [3.8, 4) is 0 Å². The van der Waals surface area contributed by atoms with E-state index in [1.54, 1.807) is 19.1 Å². The van der Waals surface area contributed by atoms with E-state index in [0.717, 1.165) is 0 Å². The second kappa shape index (κ2) is 4.12. The Morgan fingerprint density at radius 1 is 1.75 bits per heavy atom. The summed E-state index contributed by atoms with van der Waals surface area (Å²) in [6.07, 6.45) is 0. The van der Waals surface area contributed by atoms with Gasteiger partial charge in [-0.05, 0) is 25.1 Å². The Labute approximate surface area is 77.5 Å². The first-order valence-electron chi connectivity index (χ1n) is 4.09. The lowest BCUT2D eigenvalue weighted by molar-refractivity contribution is 0.0526. The van der Waals surface area contributed by atoms with Gasteiger partial charge in [0, 0.05) is 5.02 Å². The van der Waals surface area contributed by atoms with Gasteiger partial charge in [0.05, 0.1) is 13.5 Å². The molecule has 0 aliphatic heterocycles. The normalized spacial score (nSPS) is 10.7. The van der Waals surface area contributed by atoms with Crippen LogP contribution in [0.25, 0.3) is 0 Å². The van der Waals surface area contributed by atoms with Crippen LogP contribution >= 0.6 is 11.6 Å². The van der Waals surface area contributed by atoms with E-state index in [1.165, 1.54) is 6.07 Å². The zero-order valence-electron chi connectivity index (χ0n) is 7.63. The second-order valence-electron chi connectivity index (χ2n) is 2.13. The SMILES string of the molecule is [2H]c1c(Cl)cccc1C(=O)OCC. The molecule has 0 heterocycles.